The third kappa shape index (κ3) is 2.56. The first-order valence-corrected chi connectivity index (χ1v) is 5.52. The van der Waals surface area contributed by atoms with E-state index < -0.39 is 0 Å². The molecule has 0 atom stereocenters. The van der Waals surface area contributed by atoms with Crippen LogP contribution in [-0.2, 0) is 16.0 Å². The van der Waals surface area contributed by atoms with E-state index in [0.29, 0.717) is 23.9 Å². The summed E-state index contributed by atoms with van der Waals surface area (Å²) in [6.07, 6.45) is 2.35. The van der Waals surface area contributed by atoms with E-state index in [-0.39, 0.29) is 12.4 Å². The molecule has 0 unspecified atom stereocenters. The number of rotatable bonds is 5. The van der Waals surface area contributed by atoms with Gasteiger partial charge < -0.3 is 18.3 Å². The van der Waals surface area contributed by atoms with Crippen LogP contribution in [0, 0.1) is 0 Å². The van der Waals surface area contributed by atoms with Crippen molar-refractivity contribution in [2.24, 2.45) is 0 Å². The maximum absolute atomic E-state index is 11.1. The summed E-state index contributed by atoms with van der Waals surface area (Å²) in [4.78, 5) is 11.1. The van der Waals surface area contributed by atoms with Gasteiger partial charge in [0.05, 0.1) is 20.5 Å². The molecule has 0 fully saturated rings. The summed E-state index contributed by atoms with van der Waals surface area (Å²) in [5.41, 5.74) is 0.814. The van der Waals surface area contributed by atoms with Crippen molar-refractivity contribution in [3.63, 3.8) is 0 Å². The maximum Gasteiger partial charge on any atom is 0.305 e. The highest BCUT2D eigenvalue weighted by atomic mass is 16.6. The molecule has 18 heavy (non-hydrogen) atoms. The van der Waals surface area contributed by atoms with Gasteiger partial charge in [0.1, 0.15) is 0 Å². The topological polar surface area (TPSA) is 61.8 Å². The number of carbonyl (C=O) groups is 1. The van der Waals surface area contributed by atoms with Crippen LogP contribution in [0.3, 0.4) is 0 Å². The zero-order chi connectivity index (χ0) is 13.0. The van der Waals surface area contributed by atoms with Gasteiger partial charge in [0.25, 0.3) is 5.95 Å². The van der Waals surface area contributed by atoms with E-state index in [0.717, 1.165) is 5.56 Å². The highest BCUT2D eigenvalue weighted by molar-refractivity contribution is 5.69. The summed E-state index contributed by atoms with van der Waals surface area (Å²) in [6.45, 7) is 0. The zero-order valence-corrected chi connectivity index (χ0v) is 10.3. The molecule has 0 N–H and O–H groups in total. The Balaban J connectivity index is 2.17. The second-order valence-electron chi connectivity index (χ2n) is 3.68. The van der Waals surface area contributed by atoms with E-state index in [1.165, 1.54) is 14.2 Å². The van der Waals surface area contributed by atoms with Crippen LogP contribution in [0.5, 0.6) is 5.95 Å². The van der Waals surface area contributed by atoms with Crippen molar-refractivity contribution in [2.75, 3.05) is 14.2 Å². The van der Waals surface area contributed by atoms with Gasteiger partial charge in [-0.3, -0.25) is 4.79 Å². The lowest BCUT2D eigenvalue weighted by Gasteiger charge is -1.99. The minimum Gasteiger partial charge on any atom is -0.469 e. The molecule has 0 aliphatic heterocycles. The van der Waals surface area contributed by atoms with Gasteiger partial charge in [0, 0.05) is 12.0 Å². The molecule has 0 aromatic carbocycles. The summed E-state index contributed by atoms with van der Waals surface area (Å²) in [5.74, 6) is 1.33. The molecule has 5 heteroatoms. The molecular weight excluding hydrogens is 236 g/mol. The van der Waals surface area contributed by atoms with Gasteiger partial charge in [-0.2, -0.15) is 0 Å². The van der Waals surface area contributed by atoms with Crippen LogP contribution < -0.4 is 4.74 Å². The van der Waals surface area contributed by atoms with Gasteiger partial charge in [-0.05, 0) is 24.6 Å². The fourth-order valence-electron chi connectivity index (χ4n) is 1.64. The molecular formula is C13H14O5. The molecule has 0 aliphatic carbocycles. The fraction of sp³-hybridized carbons (Fsp3) is 0.308. The van der Waals surface area contributed by atoms with Crippen molar-refractivity contribution in [2.45, 2.75) is 12.8 Å². The number of hydrogen-bond acceptors (Lipinski definition) is 5. The number of aryl methyl sites for hydroxylation is 1. The van der Waals surface area contributed by atoms with Gasteiger partial charge in [0.2, 0.25) is 0 Å². The van der Waals surface area contributed by atoms with Crippen LogP contribution >= 0.6 is 0 Å². The van der Waals surface area contributed by atoms with Gasteiger partial charge >= 0.3 is 5.97 Å². The number of hydrogen-bond donors (Lipinski definition) is 0. The Labute approximate surface area is 104 Å². The number of ether oxygens (including phenoxy) is 2. The van der Waals surface area contributed by atoms with Crippen LogP contribution in [0.25, 0.3) is 11.5 Å². The third-order valence-electron chi connectivity index (χ3n) is 2.55. The van der Waals surface area contributed by atoms with E-state index in [1.807, 2.05) is 0 Å². The molecule has 0 radical (unpaired) electrons. The molecule has 0 aliphatic rings. The first-order valence-electron chi connectivity index (χ1n) is 5.52. The monoisotopic (exact) mass is 250 g/mol. The standard InChI is InChI=1S/C13H14O5/c1-15-12(14)6-5-9-8-11(18-13(9)16-2)10-4-3-7-17-10/h3-4,7-8H,5-6H2,1-2H3. The van der Waals surface area contributed by atoms with E-state index in [9.17, 15) is 4.79 Å². The second kappa shape index (κ2) is 5.44. The molecule has 2 aromatic rings. The van der Waals surface area contributed by atoms with Crippen molar-refractivity contribution >= 4 is 5.97 Å². The number of furan rings is 2. The summed E-state index contributed by atoms with van der Waals surface area (Å²) < 4.78 is 20.5. The SMILES string of the molecule is COC(=O)CCc1cc(-c2ccco2)oc1OC. The molecule has 0 amide bonds. The molecule has 0 saturated heterocycles. The molecule has 2 aromatic heterocycles. The van der Waals surface area contributed by atoms with Crippen LogP contribution in [0.4, 0.5) is 0 Å². The lowest BCUT2D eigenvalue weighted by atomic mass is 10.1. The lowest BCUT2D eigenvalue weighted by molar-refractivity contribution is -0.140. The molecule has 0 spiro atoms. The molecule has 0 bridgehead atoms. The maximum atomic E-state index is 11.1. The normalized spacial score (nSPS) is 10.3. The van der Waals surface area contributed by atoms with Crippen LogP contribution in [0.2, 0.25) is 0 Å². The van der Waals surface area contributed by atoms with Crippen molar-refractivity contribution in [1.29, 1.82) is 0 Å². The van der Waals surface area contributed by atoms with Crippen LogP contribution in [-0.4, -0.2) is 20.2 Å². The van der Waals surface area contributed by atoms with E-state index >= 15 is 0 Å². The van der Waals surface area contributed by atoms with E-state index in [2.05, 4.69) is 4.74 Å². The number of esters is 1. The van der Waals surface area contributed by atoms with Gasteiger partial charge in [-0.15, -0.1) is 0 Å². The second-order valence-corrected chi connectivity index (χ2v) is 3.68. The zero-order valence-electron chi connectivity index (χ0n) is 10.3. The first-order chi connectivity index (χ1) is 8.74. The highest BCUT2D eigenvalue weighted by Crippen LogP contribution is 2.31. The Hall–Kier alpha value is -2.17. The minimum atomic E-state index is -0.266. The summed E-state index contributed by atoms with van der Waals surface area (Å²) in [6, 6.07) is 5.38. The average molecular weight is 250 g/mol. The molecule has 2 rings (SSSR count). The molecule has 2 heterocycles. The van der Waals surface area contributed by atoms with Crippen molar-refractivity contribution < 1.29 is 23.1 Å². The highest BCUT2D eigenvalue weighted by Gasteiger charge is 2.15. The summed E-state index contributed by atoms with van der Waals surface area (Å²) in [7, 11) is 2.88. The number of methoxy groups -OCH3 is 2. The quantitative estimate of drug-likeness (QED) is 0.763. The summed E-state index contributed by atoms with van der Waals surface area (Å²) >= 11 is 0. The largest absolute Gasteiger partial charge is 0.469 e. The average Bonchev–Trinajstić information content (AvgIpc) is 3.03. The molecule has 0 saturated carbocycles. The fourth-order valence-corrected chi connectivity index (χ4v) is 1.64. The van der Waals surface area contributed by atoms with Crippen LogP contribution in [0.15, 0.2) is 33.3 Å². The number of carbonyl (C=O) groups excluding carboxylic acids is 1. The molecule has 5 nitrogen and oxygen atoms in total. The van der Waals surface area contributed by atoms with Crippen LogP contribution in [0.1, 0.15) is 12.0 Å². The molecule has 96 valence electrons. The van der Waals surface area contributed by atoms with Crippen molar-refractivity contribution in [3.05, 3.63) is 30.0 Å². The predicted molar refractivity (Wildman–Crippen MR) is 63.3 cm³/mol. The van der Waals surface area contributed by atoms with Crippen molar-refractivity contribution in [3.8, 4) is 17.5 Å². The predicted octanol–water partition coefficient (Wildman–Crippen LogP) is 2.65. The first kappa shape index (κ1) is 12.3. The van der Waals surface area contributed by atoms with Gasteiger partial charge in [-0.25, -0.2) is 0 Å². The van der Waals surface area contributed by atoms with Gasteiger partial charge in [-0.1, -0.05) is 0 Å². The van der Waals surface area contributed by atoms with Crippen molar-refractivity contribution in [1.82, 2.24) is 0 Å². The Kier molecular flexibility index (Phi) is 3.72. The Morgan fingerprint density at radius 2 is 2.17 bits per heavy atom. The Morgan fingerprint density at radius 1 is 1.33 bits per heavy atom. The minimum absolute atomic E-state index is 0.266. The third-order valence-corrected chi connectivity index (χ3v) is 2.55. The Bertz CT molecular complexity index is 509. The van der Waals surface area contributed by atoms with Gasteiger partial charge in [0.15, 0.2) is 11.5 Å². The summed E-state index contributed by atoms with van der Waals surface area (Å²) in [5, 5.41) is 0. The van der Waals surface area contributed by atoms with E-state index in [4.69, 9.17) is 13.6 Å². The Morgan fingerprint density at radius 3 is 2.78 bits per heavy atom. The lowest BCUT2D eigenvalue weighted by Crippen LogP contribution is -2.01. The smallest absolute Gasteiger partial charge is 0.305 e. The van der Waals surface area contributed by atoms with E-state index in [1.54, 1.807) is 24.5 Å².